The first kappa shape index (κ1) is 29.7. The van der Waals surface area contributed by atoms with Crippen molar-refractivity contribution >= 4 is 34.6 Å². The molecular formula is C31H34F3N7O3. The molecule has 2 aromatic carbocycles. The molecule has 44 heavy (non-hydrogen) atoms. The third-order valence-electron chi connectivity index (χ3n) is 8.12. The number of piperazine rings is 1. The van der Waals surface area contributed by atoms with Gasteiger partial charge < -0.3 is 20.3 Å². The fourth-order valence-corrected chi connectivity index (χ4v) is 5.74. The highest BCUT2D eigenvalue weighted by Crippen LogP contribution is 2.41. The largest absolute Gasteiger partial charge is 0.494 e. The number of ether oxygens (including phenoxy) is 1. The van der Waals surface area contributed by atoms with Crippen molar-refractivity contribution in [2.24, 2.45) is 0 Å². The van der Waals surface area contributed by atoms with Crippen LogP contribution in [0.25, 0.3) is 0 Å². The number of aromatic nitrogens is 2. The molecule has 10 nitrogen and oxygen atoms in total. The maximum absolute atomic E-state index is 13.4. The molecule has 3 aromatic rings. The van der Waals surface area contributed by atoms with Gasteiger partial charge in [0.15, 0.2) is 5.82 Å². The summed E-state index contributed by atoms with van der Waals surface area (Å²) in [5.74, 6) is 0.987. The van der Waals surface area contributed by atoms with Crippen LogP contribution in [-0.2, 0) is 15.8 Å². The van der Waals surface area contributed by atoms with Gasteiger partial charge >= 0.3 is 6.18 Å². The average molecular weight is 610 g/mol. The average Bonchev–Trinajstić information content (AvgIpc) is 3.76. The van der Waals surface area contributed by atoms with Crippen molar-refractivity contribution in [3.63, 3.8) is 0 Å². The predicted octanol–water partition coefficient (Wildman–Crippen LogP) is 5.54. The number of hydrogen-bond acceptors (Lipinski definition) is 9. The molecule has 3 aliphatic rings. The van der Waals surface area contributed by atoms with E-state index in [0.29, 0.717) is 53.4 Å². The van der Waals surface area contributed by atoms with Crippen molar-refractivity contribution < 1.29 is 27.5 Å². The normalized spacial score (nSPS) is 19.1. The topological polar surface area (TPSA) is 95.1 Å². The number of rotatable bonds is 9. The number of nitrogens with zero attached hydrogens (tertiary/aromatic N) is 5. The first-order valence-corrected chi connectivity index (χ1v) is 14.6. The van der Waals surface area contributed by atoms with Crippen LogP contribution in [0.15, 0.2) is 61.4 Å². The van der Waals surface area contributed by atoms with Crippen LogP contribution in [0.3, 0.4) is 0 Å². The van der Waals surface area contributed by atoms with E-state index in [-0.39, 0.29) is 5.91 Å². The summed E-state index contributed by atoms with van der Waals surface area (Å²) < 4.78 is 45.9. The summed E-state index contributed by atoms with van der Waals surface area (Å²) in [6, 6.07) is 10.8. The van der Waals surface area contributed by atoms with Crippen molar-refractivity contribution in [2.75, 3.05) is 60.5 Å². The summed E-state index contributed by atoms with van der Waals surface area (Å²) in [4.78, 5) is 31.6. The molecule has 1 saturated carbocycles. The molecule has 1 unspecified atom stereocenters. The number of halogens is 3. The van der Waals surface area contributed by atoms with Gasteiger partial charge in [-0.05, 0) is 42.7 Å². The molecule has 0 spiro atoms. The Balaban J connectivity index is 1.26. The lowest BCUT2D eigenvalue weighted by atomic mass is 10.0. The second-order valence-corrected chi connectivity index (χ2v) is 11.0. The smallest absolute Gasteiger partial charge is 0.416 e. The van der Waals surface area contributed by atoms with Gasteiger partial charge in [-0.3, -0.25) is 14.5 Å². The first-order chi connectivity index (χ1) is 21.2. The molecule has 232 valence electrons. The molecule has 1 aliphatic carbocycles. The summed E-state index contributed by atoms with van der Waals surface area (Å²) in [6.45, 7) is 7.46. The zero-order chi connectivity index (χ0) is 30.8. The number of alkyl halides is 3. The van der Waals surface area contributed by atoms with E-state index in [4.69, 9.17) is 9.57 Å². The molecular weight excluding hydrogens is 575 g/mol. The quantitative estimate of drug-likeness (QED) is 0.303. The van der Waals surface area contributed by atoms with Crippen LogP contribution >= 0.6 is 0 Å². The number of carbonyl (C=O) groups is 1. The van der Waals surface area contributed by atoms with Crippen LogP contribution in [0.2, 0.25) is 0 Å². The minimum atomic E-state index is -4.45. The van der Waals surface area contributed by atoms with Gasteiger partial charge in [-0.15, -0.1) is 0 Å². The van der Waals surface area contributed by atoms with Crippen LogP contribution in [0, 0.1) is 0 Å². The van der Waals surface area contributed by atoms with Gasteiger partial charge in [-0.25, -0.2) is 15.0 Å². The van der Waals surface area contributed by atoms with Crippen molar-refractivity contribution in [2.45, 2.75) is 37.5 Å². The van der Waals surface area contributed by atoms with Gasteiger partial charge in [0.2, 0.25) is 5.91 Å². The number of benzene rings is 2. The van der Waals surface area contributed by atoms with E-state index in [1.807, 2.05) is 6.07 Å². The van der Waals surface area contributed by atoms with Crippen molar-refractivity contribution in [1.82, 2.24) is 14.9 Å². The maximum Gasteiger partial charge on any atom is 0.416 e. The molecule has 13 heteroatoms. The summed E-state index contributed by atoms with van der Waals surface area (Å²) >= 11 is 0. The molecule has 6 rings (SSSR count). The van der Waals surface area contributed by atoms with Gasteiger partial charge in [0.05, 0.1) is 42.4 Å². The van der Waals surface area contributed by atoms with Gasteiger partial charge in [0.25, 0.3) is 0 Å². The molecule has 2 saturated heterocycles. The Morgan fingerprint density at radius 1 is 1.07 bits per heavy atom. The number of anilines is 5. The number of amides is 1. The molecule has 1 aromatic heterocycles. The third-order valence-corrected chi connectivity index (χ3v) is 8.12. The highest BCUT2D eigenvalue weighted by atomic mass is 19.4. The number of carbonyl (C=O) groups excluding carboxylic acids is 1. The Bertz CT molecular complexity index is 1520. The summed E-state index contributed by atoms with van der Waals surface area (Å²) in [5.41, 5.74) is 1.75. The Labute approximate surface area is 253 Å². The second kappa shape index (κ2) is 12.3. The Morgan fingerprint density at radius 3 is 2.57 bits per heavy atom. The Hall–Kier alpha value is -4.36. The van der Waals surface area contributed by atoms with Crippen LogP contribution in [-0.4, -0.2) is 66.7 Å². The van der Waals surface area contributed by atoms with E-state index in [2.05, 4.69) is 37.0 Å². The summed E-state index contributed by atoms with van der Waals surface area (Å²) in [5, 5.41) is 7.69. The standard InChI is InChI=1S/C31H34F3N7O3/c1-3-30(42)38-23-16-24(27(43-2)17-26(23)40-12-10-39(11-13-40)22-7-8-22)37-28-18-29(36-19-35-28)41-25(9-14-44-41)20-5-4-6-21(15-20)31(32,33)34/h3-6,15-19,22,25H,1,7-14H2,2H3,(H,38,42)(H,35,36,37). The van der Waals surface area contributed by atoms with Crippen LogP contribution in [0.1, 0.15) is 36.4 Å². The van der Waals surface area contributed by atoms with Gasteiger partial charge in [-0.1, -0.05) is 18.7 Å². The third kappa shape index (κ3) is 6.43. The van der Waals surface area contributed by atoms with Gasteiger partial charge in [0, 0.05) is 50.8 Å². The Morgan fingerprint density at radius 2 is 1.86 bits per heavy atom. The molecule has 3 fully saturated rings. The van der Waals surface area contributed by atoms with E-state index in [9.17, 15) is 18.0 Å². The molecule has 3 heterocycles. The zero-order valence-corrected chi connectivity index (χ0v) is 24.3. The lowest BCUT2D eigenvalue weighted by Gasteiger charge is -2.37. The SMILES string of the molecule is C=CC(=O)Nc1cc(Nc2cc(N3OCCC3c3cccc(C(F)(F)F)c3)ncn2)c(OC)cc1N1CCN(C2CC2)CC1. The molecule has 2 aliphatic heterocycles. The Kier molecular flexibility index (Phi) is 8.32. The van der Waals surface area contributed by atoms with Crippen molar-refractivity contribution in [3.05, 3.63) is 72.6 Å². The zero-order valence-electron chi connectivity index (χ0n) is 24.3. The molecule has 1 amide bonds. The molecule has 0 bridgehead atoms. The number of methoxy groups -OCH3 is 1. The number of hydrogen-bond donors (Lipinski definition) is 2. The fraction of sp³-hybridized carbons (Fsp3) is 0.387. The fourth-order valence-electron chi connectivity index (χ4n) is 5.74. The highest BCUT2D eigenvalue weighted by Gasteiger charge is 2.35. The van der Waals surface area contributed by atoms with E-state index in [1.54, 1.807) is 25.3 Å². The first-order valence-electron chi connectivity index (χ1n) is 14.6. The minimum absolute atomic E-state index is 0.324. The van der Waals surface area contributed by atoms with Gasteiger partial charge in [0.1, 0.15) is 17.9 Å². The molecule has 0 radical (unpaired) electrons. The molecule has 2 N–H and O–H groups in total. The second-order valence-electron chi connectivity index (χ2n) is 11.0. The monoisotopic (exact) mass is 609 g/mol. The van der Waals surface area contributed by atoms with E-state index in [1.165, 1.54) is 36.4 Å². The lowest BCUT2D eigenvalue weighted by molar-refractivity contribution is -0.137. The van der Waals surface area contributed by atoms with Crippen molar-refractivity contribution in [3.8, 4) is 5.75 Å². The lowest BCUT2D eigenvalue weighted by Crippen LogP contribution is -2.47. The maximum atomic E-state index is 13.4. The van der Waals surface area contributed by atoms with Gasteiger partial charge in [-0.2, -0.15) is 13.2 Å². The van der Waals surface area contributed by atoms with E-state index < -0.39 is 17.8 Å². The molecule has 1 atom stereocenters. The van der Waals surface area contributed by atoms with Crippen LogP contribution in [0.5, 0.6) is 5.75 Å². The van der Waals surface area contributed by atoms with E-state index in [0.717, 1.165) is 44.0 Å². The number of hydroxylamine groups is 1. The minimum Gasteiger partial charge on any atom is -0.494 e. The number of nitrogens with one attached hydrogen (secondary N) is 2. The van der Waals surface area contributed by atoms with E-state index >= 15 is 0 Å². The highest BCUT2D eigenvalue weighted by molar-refractivity contribution is 6.02. The summed E-state index contributed by atoms with van der Waals surface area (Å²) in [6.07, 6.45) is 1.13. The van der Waals surface area contributed by atoms with Crippen LogP contribution in [0.4, 0.5) is 41.9 Å². The van der Waals surface area contributed by atoms with Crippen LogP contribution < -0.4 is 25.3 Å². The van der Waals surface area contributed by atoms with Crippen molar-refractivity contribution in [1.29, 1.82) is 0 Å². The predicted molar refractivity (Wildman–Crippen MR) is 161 cm³/mol. The summed E-state index contributed by atoms with van der Waals surface area (Å²) in [7, 11) is 1.57.